The van der Waals surface area contributed by atoms with Crippen molar-refractivity contribution in [3.8, 4) is 5.75 Å². The molecule has 0 saturated heterocycles. The molecule has 0 aliphatic rings. The summed E-state index contributed by atoms with van der Waals surface area (Å²) >= 11 is 0. The first kappa shape index (κ1) is 24.1. The van der Waals surface area contributed by atoms with Gasteiger partial charge in [0, 0.05) is 29.7 Å². The van der Waals surface area contributed by atoms with Crippen molar-refractivity contribution in [3.05, 3.63) is 106 Å². The monoisotopic (exact) mass is 462 g/mol. The lowest BCUT2D eigenvalue weighted by Crippen LogP contribution is -2.43. The Morgan fingerprint density at radius 3 is 2.12 bits per heavy atom. The van der Waals surface area contributed by atoms with E-state index in [1.807, 2.05) is 18.2 Å². The molecule has 0 saturated carbocycles. The fourth-order valence-electron chi connectivity index (χ4n) is 3.12. The van der Waals surface area contributed by atoms with Crippen molar-refractivity contribution in [1.82, 2.24) is 5.32 Å². The fourth-order valence-corrected chi connectivity index (χ4v) is 3.12. The van der Waals surface area contributed by atoms with Crippen molar-refractivity contribution >= 4 is 23.3 Å². The molecule has 0 radical (unpaired) electrons. The van der Waals surface area contributed by atoms with E-state index in [9.17, 15) is 24.5 Å². The number of nitro groups is 1. The minimum Gasteiger partial charge on any atom is -0.497 e. The first-order valence-electron chi connectivity index (χ1n) is 10.3. The van der Waals surface area contributed by atoms with Crippen LogP contribution in [0.1, 0.15) is 26.3 Å². The average molecular weight is 462 g/mol. The van der Waals surface area contributed by atoms with E-state index in [4.69, 9.17) is 9.47 Å². The number of hydrogen-bond donors (Lipinski definition) is 1. The third-order valence-electron chi connectivity index (χ3n) is 4.97. The smallest absolute Gasteiger partial charge is 0.329 e. The van der Waals surface area contributed by atoms with Crippen LogP contribution in [0.15, 0.2) is 78.9 Å². The highest BCUT2D eigenvalue weighted by molar-refractivity contribution is 5.99. The lowest BCUT2D eigenvalue weighted by Gasteiger charge is -2.18. The molecular weight excluding hydrogens is 440 g/mol. The quantitative estimate of drug-likeness (QED) is 0.212. The molecule has 9 nitrogen and oxygen atoms in total. The number of esters is 1. The van der Waals surface area contributed by atoms with E-state index in [0.29, 0.717) is 11.3 Å². The number of nitrogens with one attached hydrogen (secondary N) is 1. The first-order chi connectivity index (χ1) is 16.4. The molecule has 1 amide bonds. The van der Waals surface area contributed by atoms with Crippen molar-refractivity contribution in [2.45, 2.75) is 12.5 Å². The van der Waals surface area contributed by atoms with E-state index < -0.39 is 35.2 Å². The minimum atomic E-state index is -1.04. The Kier molecular flexibility index (Phi) is 8.07. The standard InChI is InChI=1S/C25H22N2O7/c1-33-21-13-9-19(10-14-21)24(29)26-22(15-17-5-3-2-4-6-17)25(30)34-16-23(28)18-7-11-20(12-8-18)27(31)32/h2-14,22H,15-16H2,1H3,(H,26,29)/t22-/m0/s1. The Hall–Kier alpha value is -4.53. The van der Waals surface area contributed by atoms with E-state index in [-0.39, 0.29) is 17.7 Å². The van der Waals surface area contributed by atoms with Crippen molar-refractivity contribution < 1.29 is 28.8 Å². The zero-order valence-corrected chi connectivity index (χ0v) is 18.3. The van der Waals surface area contributed by atoms with Crippen LogP contribution < -0.4 is 10.1 Å². The maximum Gasteiger partial charge on any atom is 0.329 e. The van der Waals surface area contributed by atoms with Gasteiger partial charge in [-0.1, -0.05) is 30.3 Å². The molecule has 0 bridgehead atoms. The summed E-state index contributed by atoms with van der Waals surface area (Å²) in [6.07, 6.45) is 0.160. The van der Waals surface area contributed by atoms with Crippen LogP contribution in [0.3, 0.4) is 0 Å². The number of non-ortho nitro benzene ring substituents is 1. The molecule has 0 aliphatic heterocycles. The molecule has 3 aromatic carbocycles. The van der Waals surface area contributed by atoms with Crippen LogP contribution in [0, 0.1) is 10.1 Å². The van der Waals surface area contributed by atoms with E-state index in [1.54, 1.807) is 36.4 Å². The number of rotatable bonds is 10. The minimum absolute atomic E-state index is 0.155. The van der Waals surface area contributed by atoms with Crippen molar-refractivity contribution in [1.29, 1.82) is 0 Å². The number of ether oxygens (including phenoxy) is 2. The second-order valence-electron chi connectivity index (χ2n) is 7.28. The summed E-state index contributed by atoms with van der Waals surface area (Å²) in [6.45, 7) is -0.569. The second kappa shape index (κ2) is 11.4. The number of hydrogen-bond acceptors (Lipinski definition) is 7. The molecule has 0 fully saturated rings. The number of Topliss-reactive ketones (excluding diaryl/α,β-unsaturated/α-hetero) is 1. The van der Waals surface area contributed by atoms with Gasteiger partial charge in [0.25, 0.3) is 11.6 Å². The summed E-state index contributed by atoms with van der Waals surface area (Å²) in [5.41, 5.74) is 1.13. The van der Waals surface area contributed by atoms with E-state index in [1.165, 1.54) is 31.4 Å². The predicted octanol–water partition coefficient (Wildman–Crippen LogP) is 3.37. The third kappa shape index (κ3) is 6.49. The van der Waals surface area contributed by atoms with Crippen molar-refractivity contribution in [2.24, 2.45) is 0 Å². The van der Waals surface area contributed by atoms with Crippen LogP contribution in [0.4, 0.5) is 5.69 Å². The largest absolute Gasteiger partial charge is 0.497 e. The molecule has 3 rings (SSSR count). The van der Waals surface area contributed by atoms with E-state index in [2.05, 4.69) is 5.32 Å². The number of methoxy groups -OCH3 is 1. The van der Waals surface area contributed by atoms with Gasteiger partial charge in [0.2, 0.25) is 0 Å². The van der Waals surface area contributed by atoms with Crippen LogP contribution in [-0.4, -0.2) is 42.3 Å². The van der Waals surface area contributed by atoms with Gasteiger partial charge < -0.3 is 14.8 Å². The Balaban J connectivity index is 1.68. The molecule has 1 N–H and O–H groups in total. The van der Waals surface area contributed by atoms with Crippen LogP contribution in [-0.2, 0) is 16.0 Å². The number of carbonyl (C=O) groups is 3. The second-order valence-corrected chi connectivity index (χ2v) is 7.28. The van der Waals surface area contributed by atoms with Crippen LogP contribution >= 0.6 is 0 Å². The lowest BCUT2D eigenvalue weighted by molar-refractivity contribution is -0.384. The third-order valence-corrected chi connectivity index (χ3v) is 4.97. The average Bonchev–Trinajstić information content (AvgIpc) is 2.87. The number of ketones is 1. The van der Waals surface area contributed by atoms with Gasteiger partial charge >= 0.3 is 5.97 Å². The first-order valence-corrected chi connectivity index (χ1v) is 10.3. The fraction of sp³-hybridized carbons (Fsp3) is 0.160. The van der Waals surface area contributed by atoms with E-state index >= 15 is 0 Å². The summed E-state index contributed by atoms with van der Waals surface area (Å²) in [5.74, 6) is -1.20. The van der Waals surface area contributed by atoms with Gasteiger partial charge in [0.1, 0.15) is 11.8 Å². The highest BCUT2D eigenvalue weighted by Gasteiger charge is 2.24. The zero-order valence-electron chi connectivity index (χ0n) is 18.3. The molecule has 174 valence electrons. The van der Waals surface area contributed by atoms with Gasteiger partial charge in [-0.05, 0) is 42.0 Å². The zero-order chi connectivity index (χ0) is 24.5. The summed E-state index contributed by atoms with van der Waals surface area (Å²) in [4.78, 5) is 48.1. The molecule has 0 aliphatic carbocycles. The maximum atomic E-state index is 12.8. The molecular formula is C25H22N2O7. The molecule has 0 heterocycles. The van der Waals surface area contributed by atoms with Gasteiger partial charge in [-0.15, -0.1) is 0 Å². The SMILES string of the molecule is COc1ccc(C(=O)N[C@@H](Cc2ccccc2)C(=O)OCC(=O)c2ccc([N+](=O)[O-])cc2)cc1. The molecule has 3 aromatic rings. The van der Waals surface area contributed by atoms with Crippen LogP contribution in [0.2, 0.25) is 0 Å². The van der Waals surface area contributed by atoms with Gasteiger partial charge in [-0.2, -0.15) is 0 Å². The molecule has 0 spiro atoms. The molecule has 9 heteroatoms. The number of nitrogens with zero attached hydrogens (tertiary/aromatic N) is 1. The van der Waals surface area contributed by atoms with Crippen molar-refractivity contribution in [3.63, 3.8) is 0 Å². The highest BCUT2D eigenvalue weighted by Crippen LogP contribution is 2.14. The number of benzene rings is 3. The lowest BCUT2D eigenvalue weighted by atomic mass is 10.1. The molecule has 0 aromatic heterocycles. The topological polar surface area (TPSA) is 125 Å². The molecule has 0 unspecified atom stereocenters. The predicted molar refractivity (Wildman–Crippen MR) is 123 cm³/mol. The van der Waals surface area contributed by atoms with Gasteiger partial charge in [-0.25, -0.2) is 4.79 Å². The summed E-state index contributed by atoms with van der Waals surface area (Å²) < 4.78 is 10.3. The highest BCUT2D eigenvalue weighted by atomic mass is 16.6. The number of nitro benzene ring substituents is 1. The summed E-state index contributed by atoms with van der Waals surface area (Å²) in [5, 5.41) is 13.4. The Morgan fingerprint density at radius 2 is 1.53 bits per heavy atom. The Bertz CT molecular complexity index is 1160. The Labute approximate surface area is 195 Å². The van der Waals surface area contributed by atoms with E-state index in [0.717, 1.165) is 5.56 Å². The maximum absolute atomic E-state index is 12.8. The number of amides is 1. The van der Waals surface area contributed by atoms with Crippen LogP contribution in [0.25, 0.3) is 0 Å². The summed E-state index contributed by atoms with van der Waals surface area (Å²) in [7, 11) is 1.51. The summed E-state index contributed by atoms with van der Waals surface area (Å²) in [6, 6.07) is 19.4. The van der Waals surface area contributed by atoms with Gasteiger partial charge in [-0.3, -0.25) is 19.7 Å². The molecule has 1 atom stereocenters. The number of carbonyl (C=O) groups excluding carboxylic acids is 3. The normalized spacial score (nSPS) is 11.2. The molecule has 34 heavy (non-hydrogen) atoms. The van der Waals surface area contributed by atoms with Gasteiger partial charge in [0.15, 0.2) is 12.4 Å². The van der Waals surface area contributed by atoms with Crippen molar-refractivity contribution in [2.75, 3.05) is 13.7 Å². The Morgan fingerprint density at radius 1 is 0.912 bits per heavy atom. The van der Waals surface area contributed by atoms with Crippen LogP contribution in [0.5, 0.6) is 5.75 Å². The van der Waals surface area contributed by atoms with Gasteiger partial charge in [0.05, 0.1) is 12.0 Å².